The van der Waals surface area contributed by atoms with E-state index in [0.29, 0.717) is 28.1 Å². The normalized spacial score (nSPS) is 12.3. The number of esters is 1. The standard InChI is InChI=1S/C25H18N2O6/c1-15(28)18-6-4-5-9-21(18)26-22(29)14-33-25(32)16-10-12-17(13-11-16)27-23(30)19-7-2-3-8-20(19)24(27)31/h2-13H,14H2,1H3,(H,26,29). The molecule has 33 heavy (non-hydrogen) atoms. The van der Waals surface area contributed by atoms with E-state index in [9.17, 15) is 24.0 Å². The van der Waals surface area contributed by atoms with Gasteiger partial charge in [0.1, 0.15) is 0 Å². The van der Waals surface area contributed by atoms with E-state index in [1.54, 1.807) is 48.5 Å². The molecule has 0 aromatic heterocycles. The summed E-state index contributed by atoms with van der Waals surface area (Å²) in [6, 6.07) is 18.8. The molecule has 164 valence electrons. The predicted octanol–water partition coefficient (Wildman–Crippen LogP) is 3.49. The summed E-state index contributed by atoms with van der Waals surface area (Å²) in [6.45, 7) is 0.835. The van der Waals surface area contributed by atoms with Crippen LogP contribution < -0.4 is 10.2 Å². The second kappa shape index (κ2) is 8.88. The summed E-state index contributed by atoms with van der Waals surface area (Å²) in [5.74, 6) is -2.43. The van der Waals surface area contributed by atoms with Crippen LogP contribution in [0.3, 0.4) is 0 Å². The highest BCUT2D eigenvalue weighted by Crippen LogP contribution is 2.28. The molecule has 1 aliphatic heterocycles. The largest absolute Gasteiger partial charge is 0.452 e. The number of carbonyl (C=O) groups excluding carboxylic acids is 5. The number of ether oxygens (including phenoxy) is 1. The molecule has 0 saturated heterocycles. The highest BCUT2D eigenvalue weighted by Gasteiger charge is 2.36. The Morgan fingerprint density at radius 1 is 0.818 bits per heavy atom. The van der Waals surface area contributed by atoms with Gasteiger partial charge in [-0.15, -0.1) is 0 Å². The molecular formula is C25H18N2O6. The van der Waals surface area contributed by atoms with Gasteiger partial charge in [-0.25, -0.2) is 9.69 Å². The first-order chi connectivity index (χ1) is 15.9. The molecule has 3 aromatic rings. The number of carbonyl (C=O) groups is 5. The smallest absolute Gasteiger partial charge is 0.338 e. The number of amides is 3. The van der Waals surface area contributed by atoms with Crippen LogP contribution in [0.25, 0.3) is 0 Å². The second-order valence-corrected chi connectivity index (χ2v) is 7.26. The molecule has 0 fully saturated rings. The summed E-state index contributed by atoms with van der Waals surface area (Å²) in [4.78, 5) is 62.3. The minimum Gasteiger partial charge on any atom is -0.452 e. The van der Waals surface area contributed by atoms with E-state index in [2.05, 4.69) is 5.32 Å². The van der Waals surface area contributed by atoms with Crippen molar-refractivity contribution >= 4 is 40.8 Å². The molecule has 3 amide bonds. The van der Waals surface area contributed by atoms with Gasteiger partial charge in [-0.3, -0.25) is 19.2 Å². The van der Waals surface area contributed by atoms with Gasteiger partial charge in [-0.1, -0.05) is 24.3 Å². The van der Waals surface area contributed by atoms with E-state index in [1.165, 1.54) is 31.2 Å². The summed E-state index contributed by atoms with van der Waals surface area (Å²) >= 11 is 0. The summed E-state index contributed by atoms with van der Waals surface area (Å²) < 4.78 is 5.04. The van der Waals surface area contributed by atoms with Crippen LogP contribution in [0.2, 0.25) is 0 Å². The summed E-state index contributed by atoms with van der Waals surface area (Å²) in [5, 5.41) is 2.54. The minimum absolute atomic E-state index is 0.146. The number of ketones is 1. The van der Waals surface area contributed by atoms with Gasteiger partial charge >= 0.3 is 5.97 Å². The van der Waals surface area contributed by atoms with E-state index < -0.39 is 30.3 Å². The highest BCUT2D eigenvalue weighted by atomic mass is 16.5. The maximum atomic E-state index is 12.6. The number of nitrogens with zero attached hydrogens (tertiary/aromatic N) is 1. The van der Waals surface area contributed by atoms with E-state index in [4.69, 9.17) is 4.74 Å². The first kappa shape index (κ1) is 21.6. The molecule has 3 aromatic carbocycles. The Kier molecular flexibility index (Phi) is 5.82. The molecule has 1 aliphatic rings. The predicted molar refractivity (Wildman–Crippen MR) is 119 cm³/mol. The Labute approximate surface area is 188 Å². The van der Waals surface area contributed by atoms with Crippen molar-refractivity contribution in [3.63, 3.8) is 0 Å². The molecule has 4 rings (SSSR count). The number of rotatable bonds is 6. The average molecular weight is 442 g/mol. The number of para-hydroxylation sites is 1. The van der Waals surface area contributed by atoms with E-state index in [1.807, 2.05) is 0 Å². The second-order valence-electron chi connectivity index (χ2n) is 7.26. The van der Waals surface area contributed by atoms with Crippen molar-refractivity contribution in [2.75, 3.05) is 16.8 Å². The molecule has 0 saturated carbocycles. The zero-order chi connectivity index (χ0) is 23.5. The maximum Gasteiger partial charge on any atom is 0.338 e. The number of Topliss-reactive ketones (excluding diaryl/α,β-unsaturated/α-hetero) is 1. The van der Waals surface area contributed by atoms with Crippen LogP contribution in [0.4, 0.5) is 11.4 Å². The van der Waals surface area contributed by atoms with Gasteiger partial charge in [0.2, 0.25) is 0 Å². The first-order valence-electron chi connectivity index (χ1n) is 10.0. The van der Waals surface area contributed by atoms with Crippen molar-refractivity contribution in [3.05, 3.63) is 95.1 Å². The Morgan fingerprint density at radius 2 is 1.39 bits per heavy atom. The fourth-order valence-corrected chi connectivity index (χ4v) is 3.47. The fraction of sp³-hybridized carbons (Fsp3) is 0.0800. The van der Waals surface area contributed by atoms with Crippen LogP contribution in [0.15, 0.2) is 72.8 Å². The van der Waals surface area contributed by atoms with Crippen LogP contribution in [0.1, 0.15) is 48.4 Å². The quantitative estimate of drug-likeness (QED) is 0.356. The van der Waals surface area contributed by atoms with E-state index >= 15 is 0 Å². The SMILES string of the molecule is CC(=O)c1ccccc1NC(=O)COC(=O)c1ccc(N2C(=O)c3ccccc3C2=O)cc1. The molecule has 0 spiro atoms. The summed E-state index contributed by atoms with van der Waals surface area (Å²) in [5.41, 5.74) is 1.78. The van der Waals surface area contributed by atoms with E-state index in [0.717, 1.165) is 4.90 Å². The van der Waals surface area contributed by atoms with Crippen molar-refractivity contribution < 1.29 is 28.7 Å². The van der Waals surface area contributed by atoms with Gasteiger partial charge < -0.3 is 10.1 Å². The Morgan fingerprint density at radius 3 is 2.00 bits per heavy atom. The summed E-state index contributed by atoms with van der Waals surface area (Å²) in [7, 11) is 0. The van der Waals surface area contributed by atoms with Crippen molar-refractivity contribution in [2.24, 2.45) is 0 Å². The van der Waals surface area contributed by atoms with Gasteiger partial charge in [-0.05, 0) is 55.5 Å². The van der Waals surface area contributed by atoms with Crippen LogP contribution in [0, 0.1) is 0 Å². The number of anilines is 2. The van der Waals surface area contributed by atoms with Gasteiger partial charge in [0.15, 0.2) is 12.4 Å². The summed E-state index contributed by atoms with van der Waals surface area (Å²) in [6.07, 6.45) is 0. The number of hydrogen-bond donors (Lipinski definition) is 1. The Hall–Kier alpha value is -4.59. The molecule has 0 unspecified atom stereocenters. The molecule has 0 radical (unpaired) electrons. The Balaban J connectivity index is 1.39. The lowest BCUT2D eigenvalue weighted by Gasteiger charge is -2.14. The van der Waals surface area contributed by atoms with Crippen molar-refractivity contribution in [3.8, 4) is 0 Å². The van der Waals surface area contributed by atoms with E-state index in [-0.39, 0.29) is 11.3 Å². The molecule has 1 N–H and O–H groups in total. The first-order valence-corrected chi connectivity index (χ1v) is 10.0. The van der Waals surface area contributed by atoms with Crippen molar-refractivity contribution in [1.29, 1.82) is 0 Å². The number of fused-ring (bicyclic) bond motifs is 1. The molecular weight excluding hydrogens is 424 g/mol. The molecule has 8 heteroatoms. The van der Waals surface area contributed by atoms with Gasteiger partial charge in [0.05, 0.1) is 28.1 Å². The molecule has 0 atom stereocenters. The van der Waals surface area contributed by atoms with Gasteiger partial charge in [0, 0.05) is 5.56 Å². The topological polar surface area (TPSA) is 110 Å². The number of benzene rings is 3. The third kappa shape index (κ3) is 4.27. The minimum atomic E-state index is -0.751. The van der Waals surface area contributed by atoms with Crippen LogP contribution >= 0.6 is 0 Å². The van der Waals surface area contributed by atoms with Gasteiger partial charge in [-0.2, -0.15) is 0 Å². The monoisotopic (exact) mass is 442 g/mol. The number of hydrogen-bond acceptors (Lipinski definition) is 6. The maximum absolute atomic E-state index is 12.6. The van der Waals surface area contributed by atoms with Crippen LogP contribution in [0.5, 0.6) is 0 Å². The number of nitrogens with one attached hydrogen (secondary N) is 1. The van der Waals surface area contributed by atoms with Gasteiger partial charge in [0.25, 0.3) is 17.7 Å². The fourth-order valence-electron chi connectivity index (χ4n) is 3.47. The lowest BCUT2D eigenvalue weighted by molar-refractivity contribution is -0.119. The molecule has 0 bridgehead atoms. The molecule has 8 nitrogen and oxygen atoms in total. The zero-order valence-corrected chi connectivity index (χ0v) is 17.5. The lowest BCUT2D eigenvalue weighted by atomic mass is 10.1. The Bertz CT molecular complexity index is 1260. The average Bonchev–Trinajstić information content (AvgIpc) is 3.08. The zero-order valence-electron chi connectivity index (χ0n) is 17.5. The lowest BCUT2D eigenvalue weighted by Crippen LogP contribution is -2.29. The van der Waals surface area contributed by atoms with Crippen LogP contribution in [-0.4, -0.2) is 36.1 Å². The highest BCUT2D eigenvalue weighted by molar-refractivity contribution is 6.34. The number of imide groups is 1. The van der Waals surface area contributed by atoms with Crippen LogP contribution in [-0.2, 0) is 9.53 Å². The third-order valence-electron chi connectivity index (χ3n) is 5.07. The molecule has 0 aliphatic carbocycles. The van der Waals surface area contributed by atoms with Crippen molar-refractivity contribution in [2.45, 2.75) is 6.92 Å². The third-order valence-corrected chi connectivity index (χ3v) is 5.07. The molecule has 1 heterocycles. The van der Waals surface area contributed by atoms with Crippen molar-refractivity contribution in [1.82, 2.24) is 0 Å².